The summed E-state index contributed by atoms with van der Waals surface area (Å²) >= 11 is 0. The maximum Gasteiger partial charge on any atom is 0.460 e. The SMILES string of the molecule is CC(=O)OCNC(=O)c1c(N=C=O)cc(C)c(N=C=O)c1C(F)(F)C(F)(F)C(F)(F)C(F)(F)C(F)(F)C(F)(F)C(F)(F)C(F)(F)C(F)(F)C(F)(F)C(F)(F)C(F)(F)C(F)(F)C(F)(F)C(F)(F)C(F)(F)C(F)(F)C(F)(F)C(F)(F)C(F)(F)C(F)(F)F. The number of amides is 1. The van der Waals surface area contributed by atoms with Crippen LogP contribution in [-0.4, -0.2) is 149 Å². The molecule has 0 fully saturated rings. The fourth-order valence-corrected chi connectivity index (χ4v) is 5.83. The first-order chi connectivity index (χ1) is 36.6. The van der Waals surface area contributed by atoms with E-state index in [4.69, 9.17) is 0 Å². The van der Waals surface area contributed by atoms with Crippen LogP contribution in [0.1, 0.15) is 28.4 Å². The molecule has 1 aromatic carbocycles. The molecule has 1 rings (SSSR count). The quantitative estimate of drug-likeness (QED) is 0.0344. The van der Waals surface area contributed by atoms with E-state index < -0.39 is 171 Å². The van der Waals surface area contributed by atoms with Crippen LogP contribution in [0.2, 0.25) is 0 Å². The third-order valence-corrected chi connectivity index (χ3v) is 10.7. The Kier molecular flexibility index (Phi) is 18.8. The van der Waals surface area contributed by atoms with Crippen molar-refractivity contribution in [3.8, 4) is 0 Å². The minimum atomic E-state index is -10.8. The van der Waals surface area contributed by atoms with Crippen LogP contribution in [-0.2, 0) is 25.0 Å². The Hall–Kier alpha value is -6.09. The molecule has 492 valence electrons. The molecule has 1 N–H and O–H groups in total. The molecule has 0 aliphatic carbocycles. The van der Waals surface area contributed by atoms with Gasteiger partial charge in [-0.25, -0.2) is 9.59 Å². The first-order valence-corrected chi connectivity index (χ1v) is 19.0. The third-order valence-electron chi connectivity index (χ3n) is 10.7. The number of aliphatic imine (C=N–C) groups is 2. The van der Waals surface area contributed by atoms with E-state index in [9.17, 15) is 182 Å². The minimum absolute atomic E-state index is 0.0273. The lowest BCUT2D eigenvalue weighted by atomic mass is 9.81. The third kappa shape index (κ3) is 9.63. The molecule has 0 radical (unpaired) electrons. The van der Waals surface area contributed by atoms with Crippen LogP contribution >= 0.6 is 0 Å². The van der Waals surface area contributed by atoms with E-state index in [0.717, 1.165) is 5.32 Å². The molecule has 8 nitrogen and oxygen atoms in total. The number of hydrogen-bond donors (Lipinski definition) is 1. The summed E-state index contributed by atoms with van der Waals surface area (Å²) in [6, 6.07) is -0.170. The summed E-state index contributed by atoms with van der Waals surface area (Å²) in [5.41, 5.74) is -13.1. The maximum atomic E-state index is 15.8. The highest BCUT2D eigenvalue weighted by Crippen LogP contribution is 2.72. The normalized spacial score (nSPS) is 15.7. The lowest BCUT2D eigenvalue weighted by Crippen LogP contribution is -2.80. The van der Waals surface area contributed by atoms with Crippen molar-refractivity contribution in [2.24, 2.45) is 9.98 Å². The number of halogens is 43. The predicted molar refractivity (Wildman–Crippen MR) is 175 cm³/mol. The summed E-state index contributed by atoms with van der Waals surface area (Å²) in [5.74, 6) is -209. The fourth-order valence-electron chi connectivity index (χ4n) is 5.83. The van der Waals surface area contributed by atoms with Crippen molar-refractivity contribution in [3.05, 3.63) is 22.8 Å². The lowest BCUT2D eigenvalue weighted by molar-refractivity contribution is -0.496. The van der Waals surface area contributed by atoms with E-state index >= 15 is 26.3 Å². The van der Waals surface area contributed by atoms with Crippen LogP contribution in [0.15, 0.2) is 16.1 Å². The molecule has 1 aromatic rings. The number of carbonyl (C=O) groups is 2. The first kappa shape index (κ1) is 76.9. The van der Waals surface area contributed by atoms with Gasteiger partial charge in [0.1, 0.15) is 0 Å². The van der Waals surface area contributed by atoms with Gasteiger partial charge in [0.05, 0.1) is 22.5 Å². The summed E-state index contributed by atoms with van der Waals surface area (Å²) in [6.45, 7) is -1.38. The second-order valence-corrected chi connectivity index (χ2v) is 16.0. The van der Waals surface area contributed by atoms with E-state index in [0.29, 0.717) is 6.92 Å². The van der Waals surface area contributed by atoms with Crippen LogP contribution < -0.4 is 5.32 Å². The molecule has 0 saturated carbocycles. The van der Waals surface area contributed by atoms with Gasteiger partial charge in [-0.1, -0.05) is 0 Å². The maximum absolute atomic E-state index is 15.8. The van der Waals surface area contributed by atoms with Gasteiger partial charge in [0, 0.05) is 6.92 Å². The van der Waals surface area contributed by atoms with Crippen LogP contribution in [0.25, 0.3) is 0 Å². The minimum Gasteiger partial charge on any atom is -0.445 e. The number of nitrogens with one attached hydrogen (secondary N) is 1. The van der Waals surface area contributed by atoms with Gasteiger partial charge in [0.2, 0.25) is 12.2 Å². The highest BCUT2D eigenvalue weighted by Gasteiger charge is 3.04. The summed E-state index contributed by atoms with van der Waals surface area (Å²) in [4.78, 5) is 49.9. The Labute approximate surface area is 432 Å². The van der Waals surface area contributed by atoms with Gasteiger partial charge in [0.15, 0.2) is 6.73 Å². The Morgan fingerprint density at radius 1 is 0.388 bits per heavy atom. The lowest BCUT2D eigenvalue weighted by Gasteiger charge is -2.47. The number of ether oxygens (including phenoxy) is 1. The zero-order chi connectivity index (χ0) is 69.2. The van der Waals surface area contributed by atoms with Crippen molar-refractivity contribution in [2.75, 3.05) is 6.73 Å². The van der Waals surface area contributed by atoms with E-state index in [2.05, 4.69) is 14.7 Å². The number of nitrogens with zero attached hydrogens (tertiary/aromatic N) is 2. The van der Waals surface area contributed by atoms with Crippen molar-refractivity contribution in [1.29, 1.82) is 0 Å². The average molecular weight is 1360 g/mol. The molecule has 0 saturated heterocycles. The number of esters is 1. The molecule has 0 bridgehead atoms. The van der Waals surface area contributed by atoms with Crippen molar-refractivity contribution < 1.29 is 213 Å². The van der Waals surface area contributed by atoms with Crippen LogP contribution in [0, 0.1) is 6.92 Å². The number of hydrogen-bond acceptors (Lipinski definition) is 7. The highest BCUT2D eigenvalue weighted by molar-refractivity contribution is 6.03. The summed E-state index contributed by atoms with van der Waals surface area (Å²) in [6.07, 6.45) is -8.34. The first-order valence-electron chi connectivity index (χ1n) is 19.0. The average Bonchev–Trinajstić information content (AvgIpc) is 3.30. The number of isocyanates is 2. The highest BCUT2D eigenvalue weighted by atomic mass is 19.4. The molecule has 51 heteroatoms. The second kappa shape index (κ2) is 20.8. The standard InChI is InChI=1S/C34H10F43N3O5/c1-7-3-9(78-4-81)10(13(84)80-6-85-8(2)83)11(12(7)79-5-82)14(35,36)15(37,38)16(39,40)17(41,42)18(43,44)19(45,46)20(47,48)21(49,50)22(51,52)23(53,54)24(55,56)25(57,58)26(59,60)27(61,62)28(63,64)29(65,66)30(67,68)31(69,70)32(71,72)33(73,74)34(75,76)77/h3H,6H2,1-2H3,(H,80,84). The molecule has 0 aliphatic heterocycles. The van der Waals surface area contributed by atoms with Crippen molar-refractivity contribution in [1.82, 2.24) is 5.32 Å². The van der Waals surface area contributed by atoms with Gasteiger partial charge < -0.3 is 10.1 Å². The van der Waals surface area contributed by atoms with Crippen molar-refractivity contribution >= 4 is 35.4 Å². The van der Waals surface area contributed by atoms with Gasteiger partial charge in [-0.3, -0.25) is 9.59 Å². The number of alkyl halides is 43. The molecular weight excluding hydrogens is 1350 g/mol. The number of aryl methyl sites for hydroxylation is 1. The number of rotatable bonds is 25. The second-order valence-electron chi connectivity index (χ2n) is 16.0. The van der Waals surface area contributed by atoms with Crippen LogP contribution in [0.5, 0.6) is 0 Å². The Morgan fingerprint density at radius 2 is 0.612 bits per heavy atom. The Morgan fingerprint density at radius 3 is 0.824 bits per heavy atom. The Bertz CT molecular complexity index is 2820. The molecular formula is C34H10F43N3O5. The molecule has 0 aliphatic rings. The molecule has 0 atom stereocenters. The largest absolute Gasteiger partial charge is 0.460 e. The van der Waals surface area contributed by atoms with Gasteiger partial charge in [-0.15, -0.1) is 0 Å². The summed E-state index contributed by atoms with van der Waals surface area (Å²) in [5, 5.41) is 0.967. The predicted octanol–water partition coefficient (Wildman–Crippen LogP) is 14.9. The fraction of sp³-hybridized carbons (Fsp3) is 0.706. The zero-order valence-corrected chi connectivity index (χ0v) is 38.0. The van der Waals surface area contributed by atoms with Gasteiger partial charge in [-0.2, -0.15) is 199 Å². The molecule has 0 spiro atoms. The van der Waals surface area contributed by atoms with E-state index in [1.54, 1.807) is 0 Å². The van der Waals surface area contributed by atoms with Crippen LogP contribution in [0.3, 0.4) is 0 Å². The smallest absolute Gasteiger partial charge is 0.445 e. The van der Waals surface area contributed by atoms with E-state index in [-0.39, 0.29) is 25.1 Å². The summed E-state index contributed by atoms with van der Waals surface area (Å²) in [7, 11) is 0. The number of benzene rings is 1. The molecule has 0 heterocycles. The molecule has 0 unspecified atom stereocenters. The summed E-state index contributed by atoms with van der Waals surface area (Å²) < 4.78 is 615. The van der Waals surface area contributed by atoms with Gasteiger partial charge >= 0.3 is 131 Å². The van der Waals surface area contributed by atoms with Crippen LogP contribution in [0.4, 0.5) is 200 Å². The topological polar surface area (TPSA) is 114 Å². The van der Waals surface area contributed by atoms with E-state index in [1.165, 1.54) is 0 Å². The molecule has 85 heavy (non-hydrogen) atoms. The zero-order valence-electron chi connectivity index (χ0n) is 38.0. The van der Waals surface area contributed by atoms with Gasteiger partial charge in [0.25, 0.3) is 5.91 Å². The monoisotopic (exact) mass is 1360 g/mol. The molecule has 1 amide bonds. The van der Waals surface area contributed by atoms with E-state index in [1.807, 2.05) is 0 Å². The number of carbonyl (C=O) groups excluding carboxylic acids is 4. The van der Waals surface area contributed by atoms with Gasteiger partial charge in [-0.05, 0) is 18.6 Å². The Balaban J connectivity index is 4.39. The van der Waals surface area contributed by atoms with Crippen molar-refractivity contribution in [2.45, 2.75) is 138 Å². The van der Waals surface area contributed by atoms with Crippen molar-refractivity contribution in [3.63, 3.8) is 0 Å². The molecule has 0 aromatic heterocycles.